The van der Waals surface area contributed by atoms with Crippen LogP contribution in [0.1, 0.15) is 103 Å². The van der Waals surface area contributed by atoms with Crippen LogP contribution in [0.5, 0.6) is 0 Å². The average molecular weight is 327 g/mol. The topological polar surface area (TPSA) is 52.5 Å². The quantitative estimate of drug-likeness (QED) is 0.293. The van der Waals surface area contributed by atoms with Crippen LogP contribution in [-0.4, -0.2) is 24.9 Å². The van der Waals surface area contributed by atoms with Gasteiger partial charge in [0, 0.05) is 6.61 Å². The van der Waals surface area contributed by atoms with E-state index in [9.17, 15) is 10.1 Å². The Kier molecular flexibility index (Phi) is 18.2. The number of unbranched alkanes of at least 4 members (excludes halogenated alkanes) is 12. The highest BCUT2D eigenvalue weighted by molar-refractivity contribution is 6.38. The Labute approximate surface area is 145 Å². The first kappa shape index (κ1) is 22.9. The zero-order chi connectivity index (χ0) is 17.2. The number of hydrogen-bond donors (Lipinski definition) is 1. The van der Waals surface area contributed by atoms with Gasteiger partial charge in [0.15, 0.2) is 7.12 Å². The highest BCUT2D eigenvalue weighted by Gasteiger charge is 2.04. The Morgan fingerprint density at radius 3 is 1.65 bits per heavy atom. The summed E-state index contributed by atoms with van der Waals surface area (Å²) in [6.07, 6.45) is 18.6. The maximum absolute atomic E-state index is 10.7. The van der Waals surface area contributed by atoms with Gasteiger partial charge in [-0.1, -0.05) is 97.2 Å². The first-order valence-corrected chi connectivity index (χ1v) is 10.1. The van der Waals surface area contributed by atoms with E-state index in [1.807, 2.05) is 0 Å². The molecule has 0 saturated heterocycles. The summed E-state index contributed by atoms with van der Waals surface area (Å²) in [6, 6.07) is 0. The Morgan fingerprint density at radius 1 is 0.783 bits per heavy atom. The lowest BCUT2D eigenvalue weighted by molar-refractivity contribution is -0.220. The molecule has 0 aromatic heterocycles. The fourth-order valence-corrected chi connectivity index (χ4v) is 2.91. The van der Waals surface area contributed by atoms with Crippen molar-refractivity contribution in [1.82, 2.24) is 0 Å². The van der Waals surface area contributed by atoms with Gasteiger partial charge in [-0.3, -0.25) is 0 Å². The summed E-state index contributed by atoms with van der Waals surface area (Å²) in [5.74, 6) is 0. The van der Waals surface area contributed by atoms with Gasteiger partial charge in [0.2, 0.25) is 0 Å². The van der Waals surface area contributed by atoms with Gasteiger partial charge >= 0.3 is 0 Å². The molecule has 0 fully saturated rings. The minimum Gasteiger partial charge on any atom is -0.856 e. The van der Waals surface area contributed by atoms with Crippen LogP contribution in [0.3, 0.4) is 0 Å². The summed E-state index contributed by atoms with van der Waals surface area (Å²) >= 11 is 0. The molecule has 0 heterocycles. The Hall–Kier alpha value is -0.0551. The summed E-state index contributed by atoms with van der Waals surface area (Å²) in [5, 5.41) is 20.4. The lowest BCUT2D eigenvalue weighted by Gasteiger charge is -2.16. The van der Waals surface area contributed by atoms with Crippen molar-refractivity contribution in [3.8, 4) is 0 Å². The molecule has 0 aliphatic rings. The standard InChI is InChI=1S/C19H40BO3/c1-3-4-5-6-7-8-9-10-11-12-13-14-15-16-19(21)17-18-23-20(2)22/h19,21H,3-18H2,1-2H3/q-1. The third-order valence-electron chi connectivity index (χ3n) is 4.44. The third-order valence-corrected chi connectivity index (χ3v) is 4.44. The van der Waals surface area contributed by atoms with Crippen LogP contribution in [0.15, 0.2) is 0 Å². The van der Waals surface area contributed by atoms with Crippen molar-refractivity contribution in [2.45, 2.75) is 116 Å². The van der Waals surface area contributed by atoms with E-state index in [1.54, 1.807) is 0 Å². The first-order chi connectivity index (χ1) is 11.2. The predicted molar refractivity (Wildman–Crippen MR) is 98.5 cm³/mol. The zero-order valence-corrected chi connectivity index (χ0v) is 15.7. The molecule has 138 valence electrons. The predicted octanol–water partition coefficient (Wildman–Crippen LogP) is 4.71. The Balaban J connectivity index is 3.09. The second-order valence-corrected chi connectivity index (χ2v) is 6.91. The molecule has 0 aliphatic heterocycles. The molecule has 0 bridgehead atoms. The molecule has 0 amide bonds. The number of hydrogen-bond acceptors (Lipinski definition) is 3. The summed E-state index contributed by atoms with van der Waals surface area (Å²) in [4.78, 5) is 0. The van der Waals surface area contributed by atoms with Gasteiger partial charge in [0.05, 0.1) is 6.10 Å². The van der Waals surface area contributed by atoms with E-state index in [0.29, 0.717) is 13.0 Å². The second-order valence-electron chi connectivity index (χ2n) is 6.91. The number of aliphatic hydroxyl groups is 1. The van der Waals surface area contributed by atoms with Gasteiger partial charge in [0.1, 0.15) is 0 Å². The molecule has 3 nitrogen and oxygen atoms in total. The van der Waals surface area contributed by atoms with Crippen molar-refractivity contribution in [3.05, 3.63) is 0 Å². The van der Waals surface area contributed by atoms with Crippen molar-refractivity contribution in [2.75, 3.05) is 6.61 Å². The fourth-order valence-electron chi connectivity index (χ4n) is 2.91. The number of rotatable bonds is 18. The molecule has 1 atom stereocenters. The van der Waals surface area contributed by atoms with E-state index < -0.39 is 7.12 Å². The van der Waals surface area contributed by atoms with Gasteiger partial charge in [-0.15, -0.1) is 0 Å². The second kappa shape index (κ2) is 18.3. The molecule has 0 aromatic rings. The van der Waals surface area contributed by atoms with E-state index >= 15 is 0 Å². The SMILES string of the molecule is CCCCCCCCCCCCCCCC(O)CCOB(C)[O-]. The molecule has 0 aliphatic carbocycles. The van der Waals surface area contributed by atoms with E-state index in [0.717, 1.165) is 12.8 Å². The highest BCUT2D eigenvalue weighted by atomic mass is 16.5. The molecule has 0 spiro atoms. The maximum atomic E-state index is 10.7. The van der Waals surface area contributed by atoms with Crippen LogP contribution in [-0.2, 0) is 4.65 Å². The molecule has 0 aromatic carbocycles. The van der Waals surface area contributed by atoms with Crippen molar-refractivity contribution in [3.63, 3.8) is 0 Å². The lowest BCUT2D eigenvalue weighted by Crippen LogP contribution is -2.31. The first-order valence-electron chi connectivity index (χ1n) is 10.1. The molecule has 1 unspecified atom stereocenters. The van der Waals surface area contributed by atoms with Gasteiger partial charge in [0.25, 0.3) is 0 Å². The Bertz CT molecular complexity index is 225. The van der Waals surface area contributed by atoms with E-state index in [4.69, 9.17) is 4.65 Å². The normalized spacial score (nSPS) is 12.5. The molecule has 1 N–H and O–H groups in total. The van der Waals surface area contributed by atoms with E-state index in [-0.39, 0.29) is 6.10 Å². The van der Waals surface area contributed by atoms with E-state index in [2.05, 4.69) is 6.92 Å². The van der Waals surface area contributed by atoms with Crippen LogP contribution in [0.4, 0.5) is 0 Å². The average Bonchev–Trinajstić information content (AvgIpc) is 2.51. The molecule has 23 heavy (non-hydrogen) atoms. The van der Waals surface area contributed by atoms with Gasteiger partial charge in [-0.2, -0.15) is 0 Å². The molecular formula is C19H40BO3-. The summed E-state index contributed by atoms with van der Waals surface area (Å²) in [6.45, 7) is 4.13. The smallest absolute Gasteiger partial charge is 0.179 e. The summed E-state index contributed by atoms with van der Waals surface area (Å²) in [7, 11) is -0.974. The molecular weight excluding hydrogens is 287 g/mol. The summed E-state index contributed by atoms with van der Waals surface area (Å²) < 4.78 is 4.92. The molecule has 0 saturated carbocycles. The van der Waals surface area contributed by atoms with Crippen molar-refractivity contribution in [2.24, 2.45) is 0 Å². The lowest BCUT2D eigenvalue weighted by atomic mass is 9.96. The molecule has 4 heteroatoms. The van der Waals surface area contributed by atoms with Crippen molar-refractivity contribution < 1.29 is 14.8 Å². The molecule has 0 radical (unpaired) electrons. The summed E-state index contributed by atoms with van der Waals surface area (Å²) in [5.41, 5.74) is 0. The Morgan fingerprint density at radius 2 is 1.22 bits per heavy atom. The van der Waals surface area contributed by atoms with E-state index in [1.165, 1.54) is 83.9 Å². The minimum absolute atomic E-state index is 0.304. The molecule has 0 rings (SSSR count). The van der Waals surface area contributed by atoms with Crippen LogP contribution in [0.25, 0.3) is 0 Å². The van der Waals surface area contributed by atoms with Crippen LogP contribution in [0.2, 0.25) is 6.82 Å². The number of aliphatic hydroxyl groups excluding tert-OH is 1. The van der Waals surface area contributed by atoms with Crippen LogP contribution < -0.4 is 5.02 Å². The third kappa shape index (κ3) is 19.9. The van der Waals surface area contributed by atoms with Gasteiger partial charge in [-0.25, -0.2) is 0 Å². The largest absolute Gasteiger partial charge is 0.856 e. The fraction of sp³-hybridized carbons (Fsp3) is 1.00. The van der Waals surface area contributed by atoms with Crippen molar-refractivity contribution in [1.29, 1.82) is 0 Å². The highest BCUT2D eigenvalue weighted by Crippen LogP contribution is 2.13. The minimum atomic E-state index is -0.974. The van der Waals surface area contributed by atoms with Crippen molar-refractivity contribution >= 4 is 7.12 Å². The van der Waals surface area contributed by atoms with Crippen LogP contribution >= 0.6 is 0 Å². The van der Waals surface area contributed by atoms with Gasteiger partial charge < -0.3 is 14.8 Å². The monoisotopic (exact) mass is 327 g/mol. The maximum Gasteiger partial charge on any atom is 0.179 e. The van der Waals surface area contributed by atoms with Gasteiger partial charge in [-0.05, 0) is 12.8 Å². The van der Waals surface area contributed by atoms with Crippen LogP contribution in [0, 0.1) is 0 Å². The zero-order valence-electron chi connectivity index (χ0n) is 15.7.